The minimum absolute atomic E-state index is 0.164. The summed E-state index contributed by atoms with van der Waals surface area (Å²) in [4.78, 5) is 24.5. The van der Waals surface area contributed by atoms with Crippen LogP contribution in [0.15, 0.2) is 78.9 Å². The lowest BCUT2D eigenvalue weighted by molar-refractivity contribution is -0.139. The molecule has 0 spiro atoms. The number of carboxylic acids is 1. The second-order valence-electron chi connectivity index (χ2n) is 9.17. The molecule has 3 unspecified atom stereocenters. The van der Waals surface area contributed by atoms with Gasteiger partial charge in [-0.05, 0) is 54.3 Å². The van der Waals surface area contributed by atoms with E-state index in [0.29, 0.717) is 17.4 Å². The molecule has 1 N–H and O–H groups in total. The van der Waals surface area contributed by atoms with Gasteiger partial charge in [0.2, 0.25) is 12.7 Å². The van der Waals surface area contributed by atoms with E-state index in [2.05, 4.69) is 6.07 Å². The second kappa shape index (κ2) is 8.68. The fourth-order valence-corrected chi connectivity index (χ4v) is 5.45. The Morgan fingerprint density at radius 1 is 0.833 bits per heavy atom. The van der Waals surface area contributed by atoms with Gasteiger partial charge in [-0.2, -0.15) is 0 Å². The van der Waals surface area contributed by atoms with Crippen LogP contribution in [0.4, 0.5) is 5.95 Å². The van der Waals surface area contributed by atoms with Crippen molar-refractivity contribution in [3.05, 3.63) is 113 Å². The van der Waals surface area contributed by atoms with E-state index in [-0.39, 0.29) is 6.79 Å². The zero-order valence-electron chi connectivity index (χ0n) is 20.0. The van der Waals surface area contributed by atoms with Crippen molar-refractivity contribution in [2.24, 2.45) is 0 Å². The largest absolute Gasteiger partial charge is 0.480 e. The highest BCUT2D eigenvalue weighted by molar-refractivity contribution is 5.82. The summed E-state index contributed by atoms with van der Waals surface area (Å²) in [7, 11) is 0. The normalized spacial score (nSPS) is 20.2. The average Bonchev–Trinajstić information content (AvgIpc) is 3.35. The molecule has 0 saturated heterocycles. The molecule has 0 bridgehead atoms. The van der Waals surface area contributed by atoms with Crippen molar-refractivity contribution >= 4 is 11.9 Å². The van der Waals surface area contributed by atoms with Gasteiger partial charge >= 0.3 is 5.97 Å². The molecular formula is C29H25N3O4. The number of aliphatic carboxylic acids is 1. The van der Waals surface area contributed by atoms with Crippen molar-refractivity contribution in [1.29, 1.82) is 0 Å². The maximum Gasteiger partial charge on any atom is 0.327 e. The highest BCUT2D eigenvalue weighted by Gasteiger charge is 2.47. The van der Waals surface area contributed by atoms with Gasteiger partial charge in [-0.15, -0.1) is 0 Å². The zero-order chi connectivity index (χ0) is 24.8. The van der Waals surface area contributed by atoms with Crippen LogP contribution in [-0.2, 0) is 4.79 Å². The first kappa shape index (κ1) is 22.1. The number of aryl methyl sites for hydroxylation is 2. The summed E-state index contributed by atoms with van der Waals surface area (Å²) < 4.78 is 11.2. The predicted molar refractivity (Wildman–Crippen MR) is 135 cm³/mol. The molecular weight excluding hydrogens is 454 g/mol. The van der Waals surface area contributed by atoms with E-state index in [1.165, 1.54) is 0 Å². The summed E-state index contributed by atoms with van der Waals surface area (Å²) in [6, 6.07) is 24.1. The maximum absolute atomic E-state index is 13.1. The van der Waals surface area contributed by atoms with Crippen LogP contribution in [0.1, 0.15) is 45.6 Å². The van der Waals surface area contributed by atoms with Crippen LogP contribution in [0.3, 0.4) is 0 Å². The second-order valence-corrected chi connectivity index (χ2v) is 9.17. The Kier molecular flexibility index (Phi) is 5.33. The van der Waals surface area contributed by atoms with Crippen molar-refractivity contribution in [2.45, 2.75) is 31.8 Å². The monoisotopic (exact) mass is 479 g/mol. The van der Waals surface area contributed by atoms with Gasteiger partial charge in [0, 0.05) is 17.3 Å². The van der Waals surface area contributed by atoms with Crippen LogP contribution in [0.25, 0.3) is 0 Å². The molecule has 0 aliphatic carbocycles. The number of aromatic nitrogens is 2. The third kappa shape index (κ3) is 3.64. The number of nitrogens with zero attached hydrogens (tertiary/aromatic N) is 3. The molecule has 7 nitrogen and oxygen atoms in total. The Balaban J connectivity index is 1.65. The van der Waals surface area contributed by atoms with Crippen LogP contribution in [-0.4, -0.2) is 33.9 Å². The van der Waals surface area contributed by atoms with E-state index in [9.17, 15) is 9.90 Å². The fraction of sp³-hybridized carbons (Fsp3) is 0.207. The molecule has 7 heteroatoms. The van der Waals surface area contributed by atoms with Gasteiger partial charge in [0.05, 0.1) is 6.04 Å². The molecule has 3 atom stereocenters. The van der Waals surface area contributed by atoms with Crippen molar-refractivity contribution in [1.82, 2.24) is 9.97 Å². The lowest BCUT2D eigenvalue weighted by atomic mass is 9.74. The van der Waals surface area contributed by atoms with Crippen molar-refractivity contribution in [3.63, 3.8) is 0 Å². The quantitative estimate of drug-likeness (QED) is 0.440. The number of carbonyl (C=O) groups is 1. The Hall–Kier alpha value is -4.39. The van der Waals surface area contributed by atoms with Crippen molar-refractivity contribution in [2.75, 3.05) is 11.7 Å². The van der Waals surface area contributed by atoms with Gasteiger partial charge in [0.25, 0.3) is 0 Å². The van der Waals surface area contributed by atoms with Gasteiger partial charge < -0.3 is 19.5 Å². The van der Waals surface area contributed by atoms with E-state index in [0.717, 1.165) is 33.6 Å². The van der Waals surface area contributed by atoms with Gasteiger partial charge in [-0.25, -0.2) is 14.8 Å². The van der Waals surface area contributed by atoms with Crippen LogP contribution in [0.2, 0.25) is 0 Å². The van der Waals surface area contributed by atoms with Crippen LogP contribution < -0.4 is 14.4 Å². The first-order chi connectivity index (χ1) is 17.5. The van der Waals surface area contributed by atoms with Crippen LogP contribution in [0, 0.1) is 13.8 Å². The molecule has 180 valence electrons. The molecule has 0 radical (unpaired) electrons. The first-order valence-electron chi connectivity index (χ1n) is 11.9. The first-order valence-corrected chi connectivity index (χ1v) is 11.9. The molecule has 4 aromatic rings. The predicted octanol–water partition coefficient (Wildman–Crippen LogP) is 5.02. The van der Waals surface area contributed by atoms with E-state index in [1.807, 2.05) is 91.5 Å². The Labute approximate surface area is 209 Å². The Morgan fingerprint density at radius 3 is 2.22 bits per heavy atom. The van der Waals surface area contributed by atoms with E-state index in [4.69, 9.17) is 19.4 Å². The summed E-state index contributed by atoms with van der Waals surface area (Å²) in [5, 5.41) is 10.7. The number of rotatable bonds is 4. The molecule has 1 aromatic heterocycles. The van der Waals surface area contributed by atoms with E-state index >= 15 is 0 Å². The topological polar surface area (TPSA) is 84.8 Å². The summed E-state index contributed by atoms with van der Waals surface area (Å²) in [6.45, 7) is 3.96. The molecule has 3 aromatic carbocycles. The third-order valence-corrected chi connectivity index (χ3v) is 6.84. The number of hydrogen-bond acceptors (Lipinski definition) is 6. The molecule has 0 fully saturated rings. The molecule has 2 aliphatic rings. The molecule has 36 heavy (non-hydrogen) atoms. The van der Waals surface area contributed by atoms with Crippen LogP contribution in [0.5, 0.6) is 11.5 Å². The summed E-state index contributed by atoms with van der Waals surface area (Å²) in [5.74, 6) is 0.344. The minimum Gasteiger partial charge on any atom is -0.480 e. The number of fused-ring (bicyclic) bond motifs is 2. The van der Waals surface area contributed by atoms with Crippen molar-refractivity contribution in [3.8, 4) is 11.5 Å². The SMILES string of the molecule is Cc1cc(C)nc(N2C(c3ccc4c(c3)OCO4)c3ccccc3C(c3ccccc3)C2C(=O)O)n1. The number of ether oxygens (including phenoxy) is 2. The third-order valence-electron chi connectivity index (χ3n) is 6.84. The van der Waals surface area contributed by atoms with Gasteiger partial charge in [-0.1, -0.05) is 60.7 Å². The average molecular weight is 480 g/mol. The van der Waals surface area contributed by atoms with E-state index in [1.54, 1.807) is 0 Å². The molecule has 2 aliphatic heterocycles. The maximum atomic E-state index is 13.1. The number of benzene rings is 3. The fourth-order valence-electron chi connectivity index (χ4n) is 5.45. The van der Waals surface area contributed by atoms with E-state index < -0.39 is 24.0 Å². The molecule has 6 rings (SSSR count). The minimum atomic E-state index is -0.945. The lowest BCUT2D eigenvalue weighted by Gasteiger charge is -2.46. The lowest BCUT2D eigenvalue weighted by Crippen LogP contribution is -2.52. The molecule has 3 heterocycles. The zero-order valence-corrected chi connectivity index (χ0v) is 20.0. The highest BCUT2D eigenvalue weighted by Crippen LogP contribution is 2.48. The summed E-state index contributed by atoms with van der Waals surface area (Å²) in [6.07, 6.45) is 0. The summed E-state index contributed by atoms with van der Waals surface area (Å²) in [5.41, 5.74) is 5.34. The summed E-state index contributed by atoms with van der Waals surface area (Å²) >= 11 is 0. The Morgan fingerprint density at radius 2 is 1.50 bits per heavy atom. The number of hydrogen-bond donors (Lipinski definition) is 1. The van der Waals surface area contributed by atoms with Crippen LogP contribution >= 0.6 is 0 Å². The molecule has 0 amide bonds. The Bertz CT molecular complexity index is 1440. The highest BCUT2D eigenvalue weighted by atomic mass is 16.7. The number of carboxylic acid groups (broad SMARTS) is 1. The van der Waals surface area contributed by atoms with Gasteiger partial charge in [-0.3, -0.25) is 0 Å². The van der Waals surface area contributed by atoms with Gasteiger partial charge in [0.1, 0.15) is 6.04 Å². The smallest absolute Gasteiger partial charge is 0.327 e. The standard InChI is InChI=1S/C29H25N3O4/c1-17-14-18(2)31-29(30-17)32-26(20-12-13-23-24(15-20)36-16-35-23)22-11-7-6-10-21(22)25(27(32)28(33)34)19-8-4-3-5-9-19/h3-15,25-27H,16H2,1-2H3,(H,33,34). The van der Waals surface area contributed by atoms with Crippen molar-refractivity contribution < 1.29 is 19.4 Å². The molecule has 0 saturated carbocycles. The number of anilines is 1. The van der Waals surface area contributed by atoms with Gasteiger partial charge in [0.15, 0.2) is 11.5 Å².